The summed E-state index contributed by atoms with van der Waals surface area (Å²) in [5, 5.41) is 0. The van der Waals surface area contributed by atoms with Gasteiger partial charge >= 0.3 is 0 Å². The Balaban J connectivity index is 2.64. The highest BCUT2D eigenvalue weighted by Crippen LogP contribution is 2.34. The molecular weight excluding hydrogens is 238 g/mol. The molecule has 1 rings (SSSR count). The van der Waals surface area contributed by atoms with Crippen molar-refractivity contribution in [1.29, 1.82) is 0 Å². The highest BCUT2D eigenvalue weighted by molar-refractivity contribution is 5.46. The van der Waals surface area contributed by atoms with E-state index in [9.17, 15) is 0 Å². The topological polar surface area (TPSA) is 44.5 Å². The summed E-state index contributed by atoms with van der Waals surface area (Å²) in [6.45, 7) is 3.73. The monoisotopic (exact) mass is 263 g/mol. The van der Waals surface area contributed by atoms with Crippen molar-refractivity contribution in [3.05, 3.63) is 36.4 Å². The number of hydrogen-bond acceptors (Lipinski definition) is 3. The number of ether oxygens (including phenoxy) is 2. The van der Waals surface area contributed by atoms with Crippen molar-refractivity contribution in [2.24, 2.45) is 5.73 Å². The van der Waals surface area contributed by atoms with E-state index in [0.29, 0.717) is 0 Å². The van der Waals surface area contributed by atoms with Crippen LogP contribution in [-0.2, 0) is 0 Å². The predicted molar refractivity (Wildman–Crippen MR) is 79.8 cm³/mol. The Bertz CT molecular complexity index is 368. The number of allylic oxidation sites excluding steroid dienone is 1. The number of nitrogens with two attached hydrogens (primary N) is 1. The molecule has 1 aromatic rings. The van der Waals surface area contributed by atoms with Crippen LogP contribution in [0.4, 0.5) is 0 Å². The molecule has 0 saturated heterocycles. The maximum absolute atomic E-state index is 6.28. The number of methoxy groups -OCH3 is 2. The molecule has 106 valence electrons. The van der Waals surface area contributed by atoms with E-state index in [1.165, 1.54) is 12.8 Å². The fourth-order valence-electron chi connectivity index (χ4n) is 2.22. The lowest BCUT2D eigenvalue weighted by atomic mass is 9.99. The van der Waals surface area contributed by atoms with Crippen LogP contribution in [-0.4, -0.2) is 14.2 Å². The molecule has 0 heterocycles. The SMILES string of the molecule is C=CCCCCCC(N)c1c(OC)cccc1OC. The Kier molecular flexibility index (Phi) is 7.04. The average Bonchev–Trinajstić information content (AvgIpc) is 2.45. The van der Waals surface area contributed by atoms with E-state index in [4.69, 9.17) is 15.2 Å². The minimum Gasteiger partial charge on any atom is -0.496 e. The average molecular weight is 263 g/mol. The van der Waals surface area contributed by atoms with Crippen LogP contribution in [0.25, 0.3) is 0 Å². The lowest BCUT2D eigenvalue weighted by Crippen LogP contribution is -2.13. The summed E-state index contributed by atoms with van der Waals surface area (Å²) in [6, 6.07) is 5.72. The summed E-state index contributed by atoms with van der Waals surface area (Å²) in [4.78, 5) is 0. The van der Waals surface area contributed by atoms with Crippen LogP contribution in [0.2, 0.25) is 0 Å². The molecule has 0 amide bonds. The van der Waals surface area contributed by atoms with Gasteiger partial charge < -0.3 is 15.2 Å². The maximum atomic E-state index is 6.28. The van der Waals surface area contributed by atoms with Crippen molar-refractivity contribution in [2.75, 3.05) is 14.2 Å². The molecule has 1 aromatic carbocycles. The third-order valence-electron chi connectivity index (χ3n) is 3.26. The third kappa shape index (κ3) is 4.60. The lowest BCUT2D eigenvalue weighted by Gasteiger charge is -2.18. The lowest BCUT2D eigenvalue weighted by molar-refractivity contribution is 0.375. The van der Waals surface area contributed by atoms with E-state index >= 15 is 0 Å². The number of unbranched alkanes of at least 4 members (excludes halogenated alkanes) is 3. The summed E-state index contributed by atoms with van der Waals surface area (Å²) in [6.07, 6.45) is 7.44. The second-order valence-electron chi connectivity index (χ2n) is 4.61. The van der Waals surface area contributed by atoms with Crippen molar-refractivity contribution in [2.45, 2.75) is 38.1 Å². The Morgan fingerprint density at radius 2 is 1.79 bits per heavy atom. The van der Waals surface area contributed by atoms with Gasteiger partial charge in [-0.25, -0.2) is 0 Å². The molecule has 19 heavy (non-hydrogen) atoms. The third-order valence-corrected chi connectivity index (χ3v) is 3.26. The summed E-state index contributed by atoms with van der Waals surface area (Å²) in [7, 11) is 3.32. The first kappa shape index (κ1) is 15.6. The van der Waals surface area contributed by atoms with Gasteiger partial charge in [0.2, 0.25) is 0 Å². The van der Waals surface area contributed by atoms with Gasteiger partial charge in [-0.05, 0) is 31.4 Å². The molecule has 3 heteroatoms. The molecule has 2 N–H and O–H groups in total. The van der Waals surface area contributed by atoms with Gasteiger partial charge in [0.15, 0.2) is 0 Å². The van der Waals surface area contributed by atoms with E-state index in [1.54, 1.807) is 14.2 Å². The zero-order chi connectivity index (χ0) is 14.1. The first-order chi connectivity index (χ1) is 9.24. The largest absolute Gasteiger partial charge is 0.496 e. The van der Waals surface area contributed by atoms with Crippen molar-refractivity contribution in [3.8, 4) is 11.5 Å². The van der Waals surface area contributed by atoms with Crippen molar-refractivity contribution >= 4 is 0 Å². The number of benzene rings is 1. The number of hydrogen-bond donors (Lipinski definition) is 1. The fourth-order valence-corrected chi connectivity index (χ4v) is 2.22. The van der Waals surface area contributed by atoms with Crippen LogP contribution in [0.15, 0.2) is 30.9 Å². The van der Waals surface area contributed by atoms with Crippen LogP contribution >= 0.6 is 0 Å². The predicted octanol–water partition coefficient (Wildman–Crippen LogP) is 3.84. The molecule has 3 nitrogen and oxygen atoms in total. The molecule has 0 radical (unpaired) electrons. The fraction of sp³-hybridized carbons (Fsp3) is 0.500. The minimum absolute atomic E-state index is 0.0465. The summed E-state index contributed by atoms with van der Waals surface area (Å²) < 4.78 is 10.8. The van der Waals surface area contributed by atoms with E-state index < -0.39 is 0 Å². The highest BCUT2D eigenvalue weighted by atomic mass is 16.5. The minimum atomic E-state index is -0.0465. The van der Waals surface area contributed by atoms with Gasteiger partial charge in [-0.15, -0.1) is 6.58 Å². The summed E-state index contributed by atoms with van der Waals surface area (Å²) in [5.41, 5.74) is 7.25. The number of rotatable bonds is 9. The quantitative estimate of drug-likeness (QED) is 0.544. The van der Waals surface area contributed by atoms with E-state index in [0.717, 1.165) is 36.3 Å². The Morgan fingerprint density at radius 1 is 1.16 bits per heavy atom. The van der Waals surface area contributed by atoms with Gasteiger partial charge in [-0.1, -0.05) is 25.0 Å². The highest BCUT2D eigenvalue weighted by Gasteiger charge is 2.16. The summed E-state index contributed by atoms with van der Waals surface area (Å²) in [5.74, 6) is 1.61. The molecule has 0 aromatic heterocycles. The van der Waals surface area contributed by atoms with Gasteiger partial charge in [-0.3, -0.25) is 0 Å². The molecule has 0 aliphatic carbocycles. The zero-order valence-corrected chi connectivity index (χ0v) is 12.0. The maximum Gasteiger partial charge on any atom is 0.127 e. The molecule has 0 fully saturated rings. The van der Waals surface area contributed by atoms with Crippen molar-refractivity contribution in [3.63, 3.8) is 0 Å². The first-order valence-electron chi connectivity index (χ1n) is 6.82. The second kappa shape index (κ2) is 8.59. The zero-order valence-electron chi connectivity index (χ0n) is 12.0. The van der Waals surface area contributed by atoms with Gasteiger partial charge in [0.25, 0.3) is 0 Å². The van der Waals surface area contributed by atoms with Gasteiger partial charge in [-0.2, -0.15) is 0 Å². The molecular formula is C16H25NO2. The van der Waals surface area contributed by atoms with E-state index in [2.05, 4.69) is 6.58 Å². The summed E-state index contributed by atoms with van der Waals surface area (Å²) >= 11 is 0. The van der Waals surface area contributed by atoms with E-state index in [1.807, 2.05) is 24.3 Å². The molecule has 0 aliphatic rings. The Morgan fingerprint density at radius 3 is 2.32 bits per heavy atom. The smallest absolute Gasteiger partial charge is 0.127 e. The Hall–Kier alpha value is -1.48. The Labute approximate surface area is 116 Å². The first-order valence-corrected chi connectivity index (χ1v) is 6.82. The second-order valence-corrected chi connectivity index (χ2v) is 4.61. The van der Waals surface area contributed by atoms with Crippen LogP contribution < -0.4 is 15.2 Å². The van der Waals surface area contributed by atoms with Crippen LogP contribution in [0.5, 0.6) is 11.5 Å². The molecule has 0 bridgehead atoms. The standard InChI is InChI=1S/C16H25NO2/c1-4-5-6-7-8-10-13(17)16-14(18-2)11-9-12-15(16)19-3/h4,9,11-13H,1,5-8,10,17H2,2-3H3. The van der Waals surface area contributed by atoms with Gasteiger partial charge in [0.05, 0.1) is 19.8 Å². The van der Waals surface area contributed by atoms with Crippen molar-refractivity contribution in [1.82, 2.24) is 0 Å². The van der Waals surface area contributed by atoms with E-state index in [-0.39, 0.29) is 6.04 Å². The molecule has 1 unspecified atom stereocenters. The van der Waals surface area contributed by atoms with Crippen LogP contribution in [0.3, 0.4) is 0 Å². The molecule has 0 spiro atoms. The molecule has 0 aliphatic heterocycles. The van der Waals surface area contributed by atoms with Gasteiger partial charge in [0, 0.05) is 6.04 Å². The van der Waals surface area contributed by atoms with Crippen molar-refractivity contribution < 1.29 is 9.47 Å². The van der Waals surface area contributed by atoms with Crippen LogP contribution in [0, 0.1) is 0 Å². The molecule has 0 saturated carbocycles. The molecule has 1 atom stereocenters. The normalized spacial score (nSPS) is 11.9. The van der Waals surface area contributed by atoms with Crippen LogP contribution in [0.1, 0.15) is 43.7 Å². The van der Waals surface area contributed by atoms with Gasteiger partial charge in [0.1, 0.15) is 11.5 Å².